The summed E-state index contributed by atoms with van der Waals surface area (Å²) >= 11 is 0. The van der Waals surface area contributed by atoms with Crippen LogP contribution in [0, 0.1) is 6.92 Å². The van der Waals surface area contributed by atoms with Crippen LogP contribution in [0.25, 0.3) is 0 Å². The number of aryl methyl sites for hydroxylation is 1. The summed E-state index contributed by atoms with van der Waals surface area (Å²) in [7, 11) is 0. The van der Waals surface area contributed by atoms with Crippen LogP contribution in [0.15, 0.2) is 36.4 Å². The molecular formula is C22H28N2O3. The molecule has 0 fully saturated rings. The van der Waals surface area contributed by atoms with E-state index in [1.807, 2.05) is 45.0 Å². The fourth-order valence-corrected chi connectivity index (χ4v) is 3.42. The van der Waals surface area contributed by atoms with E-state index >= 15 is 0 Å². The molecule has 2 aromatic rings. The van der Waals surface area contributed by atoms with Gasteiger partial charge in [0.15, 0.2) is 11.5 Å². The third-order valence-corrected chi connectivity index (χ3v) is 4.63. The van der Waals surface area contributed by atoms with Gasteiger partial charge >= 0.3 is 0 Å². The quantitative estimate of drug-likeness (QED) is 0.808. The van der Waals surface area contributed by atoms with Gasteiger partial charge in [-0.05, 0) is 68.1 Å². The molecule has 5 nitrogen and oxygen atoms in total. The van der Waals surface area contributed by atoms with Gasteiger partial charge in [-0.2, -0.15) is 0 Å². The van der Waals surface area contributed by atoms with Gasteiger partial charge in [0, 0.05) is 18.8 Å². The number of hydrogen-bond donors (Lipinski definition) is 1. The summed E-state index contributed by atoms with van der Waals surface area (Å²) < 4.78 is 11.5. The van der Waals surface area contributed by atoms with Gasteiger partial charge in [0.25, 0.3) is 0 Å². The molecule has 0 saturated heterocycles. The summed E-state index contributed by atoms with van der Waals surface area (Å²) in [6, 6.07) is 12.0. The van der Waals surface area contributed by atoms with Crippen LogP contribution >= 0.6 is 0 Å². The second-order valence-electron chi connectivity index (χ2n) is 6.81. The molecule has 5 heteroatoms. The van der Waals surface area contributed by atoms with E-state index in [2.05, 4.69) is 22.3 Å². The highest BCUT2D eigenvalue weighted by molar-refractivity contribution is 5.92. The van der Waals surface area contributed by atoms with Crippen molar-refractivity contribution < 1.29 is 14.3 Å². The van der Waals surface area contributed by atoms with Crippen molar-refractivity contribution in [3.63, 3.8) is 0 Å². The van der Waals surface area contributed by atoms with E-state index in [-0.39, 0.29) is 5.91 Å². The molecule has 0 atom stereocenters. The fraction of sp³-hybridized carbons (Fsp3) is 0.409. The highest BCUT2D eigenvalue weighted by Gasteiger charge is 2.21. The molecule has 1 aliphatic rings. The molecule has 1 heterocycles. The highest BCUT2D eigenvalue weighted by atomic mass is 16.5. The van der Waals surface area contributed by atoms with Crippen LogP contribution in [0.4, 0.5) is 5.69 Å². The Morgan fingerprint density at radius 2 is 1.78 bits per heavy atom. The first-order valence-corrected chi connectivity index (χ1v) is 9.59. The van der Waals surface area contributed by atoms with Gasteiger partial charge in [0.05, 0.1) is 19.8 Å². The molecule has 0 unspecified atom stereocenters. The molecule has 144 valence electrons. The molecule has 0 saturated carbocycles. The molecule has 0 bridgehead atoms. The number of ether oxygens (including phenoxy) is 2. The number of amides is 1. The first kappa shape index (κ1) is 19.2. The van der Waals surface area contributed by atoms with E-state index in [4.69, 9.17) is 9.47 Å². The molecule has 0 aromatic heterocycles. The Balaban J connectivity index is 1.66. The van der Waals surface area contributed by atoms with Gasteiger partial charge in [-0.25, -0.2) is 0 Å². The first-order chi connectivity index (χ1) is 13.1. The largest absolute Gasteiger partial charge is 0.490 e. The molecule has 1 amide bonds. The lowest BCUT2D eigenvalue weighted by Crippen LogP contribution is -2.37. The maximum absolute atomic E-state index is 12.4. The number of nitrogens with one attached hydrogen (secondary N) is 1. The normalized spacial score (nSPS) is 13.7. The number of carbonyl (C=O) groups is 1. The smallest absolute Gasteiger partial charge is 0.238 e. The van der Waals surface area contributed by atoms with E-state index in [1.54, 1.807) is 0 Å². The Hall–Kier alpha value is -2.53. The van der Waals surface area contributed by atoms with Crippen molar-refractivity contribution >= 4 is 11.6 Å². The Bertz CT molecular complexity index is 804. The minimum atomic E-state index is 0.0139. The highest BCUT2D eigenvalue weighted by Crippen LogP contribution is 2.33. The lowest BCUT2D eigenvalue weighted by molar-refractivity contribution is -0.117. The van der Waals surface area contributed by atoms with Gasteiger partial charge in [0.2, 0.25) is 5.91 Å². The van der Waals surface area contributed by atoms with Crippen molar-refractivity contribution in [2.24, 2.45) is 0 Å². The molecule has 1 aliphatic heterocycles. The third-order valence-electron chi connectivity index (χ3n) is 4.63. The summed E-state index contributed by atoms with van der Waals surface area (Å²) in [6.45, 7) is 9.15. The van der Waals surface area contributed by atoms with Crippen LogP contribution < -0.4 is 14.8 Å². The molecule has 1 N–H and O–H groups in total. The second-order valence-corrected chi connectivity index (χ2v) is 6.81. The van der Waals surface area contributed by atoms with Crippen LogP contribution in [0.2, 0.25) is 0 Å². The van der Waals surface area contributed by atoms with Gasteiger partial charge in [-0.3, -0.25) is 9.69 Å². The molecule has 0 radical (unpaired) electrons. The van der Waals surface area contributed by atoms with Crippen molar-refractivity contribution in [3.8, 4) is 11.5 Å². The number of hydrogen-bond acceptors (Lipinski definition) is 4. The average molecular weight is 368 g/mol. The molecule has 3 rings (SSSR count). The maximum atomic E-state index is 12.4. The van der Waals surface area contributed by atoms with E-state index in [0.29, 0.717) is 19.8 Å². The molecular weight excluding hydrogens is 340 g/mol. The summed E-state index contributed by atoms with van der Waals surface area (Å²) in [5.41, 5.74) is 4.46. The van der Waals surface area contributed by atoms with Crippen LogP contribution in [-0.2, 0) is 17.8 Å². The SMILES string of the molecule is CCOc1cc2c(cc1OCC)CN(CC(=O)Nc1cccc(C)c1)CC2. The zero-order chi connectivity index (χ0) is 19.2. The van der Waals surface area contributed by atoms with E-state index in [0.717, 1.165) is 42.3 Å². The van der Waals surface area contributed by atoms with Crippen molar-refractivity contribution in [2.45, 2.75) is 33.7 Å². The lowest BCUT2D eigenvalue weighted by atomic mass is 9.98. The zero-order valence-electron chi connectivity index (χ0n) is 16.4. The monoisotopic (exact) mass is 368 g/mol. The van der Waals surface area contributed by atoms with Crippen molar-refractivity contribution in [2.75, 3.05) is 31.6 Å². The Morgan fingerprint density at radius 3 is 2.44 bits per heavy atom. The summed E-state index contributed by atoms with van der Waals surface area (Å²) in [5.74, 6) is 1.60. The van der Waals surface area contributed by atoms with Gasteiger partial charge < -0.3 is 14.8 Å². The molecule has 27 heavy (non-hydrogen) atoms. The van der Waals surface area contributed by atoms with Gasteiger partial charge in [0.1, 0.15) is 0 Å². The van der Waals surface area contributed by atoms with E-state index in [9.17, 15) is 4.79 Å². The predicted molar refractivity (Wildman–Crippen MR) is 108 cm³/mol. The molecule has 0 spiro atoms. The molecule has 2 aromatic carbocycles. The summed E-state index contributed by atoms with van der Waals surface area (Å²) in [6.07, 6.45) is 0.902. The van der Waals surface area contributed by atoms with Crippen molar-refractivity contribution in [3.05, 3.63) is 53.1 Å². The van der Waals surface area contributed by atoms with Gasteiger partial charge in [-0.15, -0.1) is 0 Å². The van der Waals surface area contributed by atoms with Crippen LogP contribution in [0.1, 0.15) is 30.5 Å². The van der Waals surface area contributed by atoms with Crippen LogP contribution in [0.3, 0.4) is 0 Å². The number of anilines is 1. The minimum absolute atomic E-state index is 0.0139. The fourth-order valence-electron chi connectivity index (χ4n) is 3.42. The number of benzene rings is 2. The predicted octanol–water partition coefficient (Wildman–Crippen LogP) is 3.79. The zero-order valence-corrected chi connectivity index (χ0v) is 16.4. The third kappa shape index (κ3) is 5.01. The van der Waals surface area contributed by atoms with Crippen molar-refractivity contribution in [1.29, 1.82) is 0 Å². The number of nitrogens with zero attached hydrogens (tertiary/aromatic N) is 1. The summed E-state index contributed by atoms with van der Waals surface area (Å²) in [4.78, 5) is 14.6. The average Bonchev–Trinajstić information content (AvgIpc) is 2.62. The number of fused-ring (bicyclic) bond motifs is 1. The Kier molecular flexibility index (Phi) is 6.35. The van der Waals surface area contributed by atoms with Crippen LogP contribution in [0.5, 0.6) is 11.5 Å². The van der Waals surface area contributed by atoms with E-state index < -0.39 is 0 Å². The van der Waals surface area contributed by atoms with Gasteiger partial charge in [-0.1, -0.05) is 12.1 Å². The molecule has 0 aliphatic carbocycles. The maximum Gasteiger partial charge on any atom is 0.238 e. The number of rotatable bonds is 7. The standard InChI is InChI=1S/C22H28N2O3/c1-4-26-20-12-17-9-10-24(14-18(17)13-21(20)27-5-2)15-22(25)23-19-8-6-7-16(3)11-19/h6-8,11-13H,4-5,9-10,14-15H2,1-3H3,(H,23,25). The second kappa shape index (κ2) is 8.91. The number of carbonyl (C=O) groups excluding carboxylic acids is 1. The minimum Gasteiger partial charge on any atom is -0.490 e. The van der Waals surface area contributed by atoms with E-state index in [1.165, 1.54) is 11.1 Å². The Morgan fingerprint density at radius 1 is 1.07 bits per heavy atom. The van der Waals surface area contributed by atoms with Crippen LogP contribution in [-0.4, -0.2) is 37.1 Å². The topological polar surface area (TPSA) is 50.8 Å². The first-order valence-electron chi connectivity index (χ1n) is 9.59. The van der Waals surface area contributed by atoms with Crippen molar-refractivity contribution in [1.82, 2.24) is 4.90 Å². The lowest BCUT2D eigenvalue weighted by Gasteiger charge is -2.29. The summed E-state index contributed by atoms with van der Waals surface area (Å²) in [5, 5.41) is 2.99. The Labute approximate surface area is 161 Å².